The molecule has 1 aliphatic rings. The Balaban J connectivity index is 2.25. The average molecular weight is 293 g/mol. The van der Waals surface area contributed by atoms with Gasteiger partial charge in [-0.05, 0) is 50.5 Å². The fraction of sp³-hybridized carbons (Fsp3) is 0.667. The van der Waals surface area contributed by atoms with Gasteiger partial charge in [0.2, 0.25) is 5.88 Å². The maximum Gasteiger partial charge on any atom is 0.244 e. The Morgan fingerprint density at radius 2 is 1.75 bits per heavy atom. The van der Waals surface area contributed by atoms with Gasteiger partial charge in [-0.25, -0.2) is 0 Å². The summed E-state index contributed by atoms with van der Waals surface area (Å²) < 4.78 is 6.08. The molecule has 1 fully saturated rings. The standard InChI is InChI=1S/C15H23N3OS/c1-8-5-9(2)7-12(6-8)19-15-13(14(16)20)10(3)11(4)17-18-15/h8-9,12H,5-7H2,1-4H3,(H2,16,20). The molecule has 5 heteroatoms. The lowest BCUT2D eigenvalue weighted by molar-refractivity contribution is 0.0954. The molecule has 1 saturated carbocycles. The monoisotopic (exact) mass is 293 g/mol. The van der Waals surface area contributed by atoms with Crippen LogP contribution in [0.2, 0.25) is 0 Å². The van der Waals surface area contributed by atoms with Crippen LogP contribution in [0.5, 0.6) is 5.88 Å². The van der Waals surface area contributed by atoms with Gasteiger partial charge in [-0.3, -0.25) is 0 Å². The Labute approximate surface area is 126 Å². The minimum atomic E-state index is 0.179. The number of ether oxygens (including phenoxy) is 1. The summed E-state index contributed by atoms with van der Waals surface area (Å²) in [6.45, 7) is 8.40. The average Bonchev–Trinajstić information content (AvgIpc) is 2.32. The van der Waals surface area contributed by atoms with Crippen molar-refractivity contribution in [2.24, 2.45) is 17.6 Å². The molecule has 2 rings (SSSR count). The normalized spacial score (nSPS) is 26.3. The van der Waals surface area contributed by atoms with Gasteiger partial charge in [0.25, 0.3) is 0 Å². The molecule has 0 spiro atoms. The molecule has 0 amide bonds. The fourth-order valence-electron chi connectivity index (χ4n) is 3.09. The number of aromatic nitrogens is 2. The van der Waals surface area contributed by atoms with Crippen molar-refractivity contribution >= 4 is 17.2 Å². The van der Waals surface area contributed by atoms with Crippen LogP contribution in [0.15, 0.2) is 0 Å². The highest BCUT2D eigenvalue weighted by atomic mass is 32.1. The van der Waals surface area contributed by atoms with E-state index in [2.05, 4.69) is 24.0 Å². The summed E-state index contributed by atoms with van der Waals surface area (Å²) in [5.74, 6) is 1.85. The van der Waals surface area contributed by atoms with Crippen LogP contribution >= 0.6 is 12.2 Å². The van der Waals surface area contributed by atoms with Gasteiger partial charge in [0, 0.05) is 0 Å². The number of nitrogens with two attached hydrogens (primary N) is 1. The van der Waals surface area contributed by atoms with Gasteiger partial charge in [0.15, 0.2) is 0 Å². The lowest BCUT2D eigenvalue weighted by atomic mass is 9.82. The molecule has 20 heavy (non-hydrogen) atoms. The molecule has 0 bridgehead atoms. The molecule has 1 aromatic rings. The van der Waals surface area contributed by atoms with Crippen LogP contribution in [0.25, 0.3) is 0 Å². The number of nitrogens with zero attached hydrogens (tertiary/aromatic N) is 2. The maximum absolute atomic E-state index is 6.08. The van der Waals surface area contributed by atoms with E-state index in [1.54, 1.807) is 0 Å². The summed E-state index contributed by atoms with van der Waals surface area (Å²) in [5, 5.41) is 8.30. The van der Waals surface area contributed by atoms with Crippen molar-refractivity contribution in [2.75, 3.05) is 0 Å². The third kappa shape index (κ3) is 3.26. The summed E-state index contributed by atoms with van der Waals surface area (Å²) in [6.07, 6.45) is 3.55. The molecule has 0 aliphatic heterocycles. The molecule has 2 atom stereocenters. The maximum atomic E-state index is 6.08. The quantitative estimate of drug-likeness (QED) is 0.868. The van der Waals surface area contributed by atoms with Crippen LogP contribution in [0.3, 0.4) is 0 Å². The van der Waals surface area contributed by atoms with Gasteiger partial charge in [-0.1, -0.05) is 26.1 Å². The van der Waals surface area contributed by atoms with Crippen LogP contribution < -0.4 is 10.5 Å². The highest BCUT2D eigenvalue weighted by molar-refractivity contribution is 7.80. The molecule has 0 radical (unpaired) electrons. The Kier molecular flexibility index (Phi) is 4.58. The second-order valence-electron chi connectivity index (χ2n) is 6.11. The zero-order valence-corrected chi connectivity index (χ0v) is 13.5. The Bertz CT molecular complexity index is 508. The minimum Gasteiger partial charge on any atom is -0.473 e. The molecule has 2 N–H and O–H groups in total. The van der Waals surface area contributed by atoms with E-state index >= 15 is 0 Å². The van der Waals surface area contributed by atoms with Crippen molar-refractivity contribution in [3.8, 4) is 5.88 Å². The van der Waals surface area contributed by atoms with E-state index in [9.17, 15) is 0 Å². The molecule has 4 nitrogen and oxygen atoms in total. The van der Waals surface area contributed by atoms with Gasteiger partial charge in [-0.15, -0.1) is 5.10 Å². The predicted octanol–water partition coefficient (Wildman–Crippen LogP) is 2.93. The van der Waals surface area contributed by atoms with Crippen LogP contribution in [0.4, 0.5) is 0 Å². The summed E-state index contributed by atoms with van der Waals surface area (Å²) in [7, 11) is 0. The first-order valence-electron chi connectivity index (χ1n) is 7.18. The lowest BCUT2D eigenvalue weighted by Gasteiger charge is -2.31. The SMILES string of the molecule is Cc1nnc(OC2CC(C)CC(C)C2)c(C(N)=S)c1C. The van der Waals surface area contributed by atoms with Gasteiger partial charge in [-0.2, -0.15) is 5.10 Å². The van der Waals surface area contributed by atoms with Crippen molar-refractivity contribution in [3.05, 3.63) is 16.8 Å². The first kappa shape index (κ1) is 15.2. The second-order valence-corrected chi connectivity index (χ2v) is 6.55. The Hall–Kier alpha value is -1.23. The van der Waals surface area contributed by atoms with Crippen LogP contribution in [-0.4, -0.2) is 21.3 Å². The number of rotatable bonds is 3. The summed E-state index contributed by atoms with van der Waals surface area (Å²) >= 11 is 5.14. The summed E-state index contributed by atoms with van der Waals surface area (Å²) in [6, 6.07) is 0. The third-order valence-corrected chi connectivity index (χ3v) is 4.29. The second kappa shape index (κ2) is 6.04. The number of aryl methyl sites for hydroxylation is 1. The van der Waals surface area contributed by atoms with Crippen molar-refractivity contribution in [2.45, 2.75) is 53.1 Å². The fourth-order valence-corrected chi connectivity index (χ4v) is 3.33. The molecular weight excluding hydrogens is 270 g/mol. The Morgan fingerprint density at radius 3 is 2.30 bits per heavy atom. The third-order valence-electron chi connectivity index (χ3n) is 4.08. The van der Waals surface area contributed by atoms with E-state index in [-0.39, 0.29) is 6.10 Å². The molecule has 0 aromatic carbocycles. The Morgan fingerprint density at radius 1 is 1.15 bits per heavy atom. The van der Waals surface area contributed by atoms with Crippen molar-refractivity contribution in [3.63, 3.8) is 0 Å². The minimum absolute atomic E-state index is 0.179. The van der Waals surface area contributed by atoms with E-state index in [1.807, 2.05) is 13.8 Å². The zero-order valence-electron chi connectivity index (χ0n) is 12.6. The zero-order chi connectivity index (χ0) is 14.9. The lowest BCUT2D eigenvalue weighted by Crippen LogP contribution is -2.30. The van der Waals surface area contributed by atoms with Gasteiger partial charge in [0.05, 0.1) is 11.3 Å². The highest BCUT2D eigenvalue weighted by Gasteiger charge is 2.27. The summed E-state index contributed by atoms with van der Waals surface area (Å²) in [4.78, 5) is 0.326. The number of thiocarbonyl (C=S) groups is 1. The van der Waals surface area contributed by atoms with Crippen LogP contribution in [0, 0.1) is 25.7 Å². The van der Waals surface area contributed by atoms with Gasteiger partial charge in [0.1, 0.15) is 11.1 Å². The molecule has 1 aromatic heterocycles. The van der Waals surface area contributed by atoms with Gasteiger partial charge < -0.3 is 10.5 Å². The van der Waals surface area contributed by atoms with E-state index in [0.717, 1.165) is 29.7 Å². The molecule has 1 heterocycles. The molecular formula is C15H23N3OS. The van der Waals surface area contributed by atoms with Crippen LogP contribution in [0.1, 0.15) is 49.9 Å². The van der Waals surface area contributed by atoms with Crippen molar-refractivity contribution < 1.29 is 4.74 Å². The number of hydrogen-bond acceptors (Lipinski definition) is 4. The largest absolute Gasteiger partial charge is 0.473 e. The smallest absolute Gasteiger partial charge is 0.244 e. The van der Waals surface area contributed by atoms with Crippen LogP contribution in [-0.2, 0) is 0 Å². The highest BCUT2D eigenvalue weighted by Crippen LogP contribution is 2.32. The van der Waals surface area contributed by atoms with Crippen molar-refractivity contribution in [1.29, 1.82) is 0 Å². The van der Waals surface area contributed by atoms with Gasteiger partial charge >= 0.3 is 0 Å². The molecule has 110 valence electrons. The van der Waals surface area contributed by atoms with E-state index in [4.69, 9.17) is 22.7 Å². The van der Waals surface area contributed by atoms with Crippen molar-refractivity contribution in [1.82, 2.24) is 10.2 Å². The topological polar surface area (TPSA) is 61.0 Å². The first-order chi connectivity index (χ1) is 9.38. The first-order valence-corrected chi connectivity index (χ1v) is 7.59. The summed E-state index contributed by atoms with van der Waals surface area (Å²) in [5.41, 5.74) is 8.36. The molecule has 0 saturated heterocycles. The van der Waals surface area contributed by atoms with E-state index in [1.165, 1.54) is 6.42 Å². The number of hydrogen-bond donors (Lipinski definition) is 1. The molecule has 2 unspecified atom stereocenters. The predicted molar refractivity (Wildman–Crippen MR) is 84.0 cm³/mol. The van der Waals surface area contributed by atoms with E-state index < -0.39 is 0 Å². The van der Waals surface area contributed by atoms with E-state index in [0.29, 0.717) is 22.7 Å². The molecule has 1 aliphatic carbocycles.